The summed E-state index contributed by atoms with van der Waals surface area (Å²) in [5, 5.41) is 14.4. The van der Waals surface area contributed by atoms with Crippen molar-refractivity contribution < 1.29 is 9.53 Å². The number of allylic oxidation sites excluding steroid dienone is 1. The second-order valence-corrected chi connectivity index (χ2v) is 7.88. The average molecular weight is 465 g/mol. The number of nitriles is 1. The lowest BCUT2D eigenvalue weighted by Gasteiger charge is -2.17. The molecule has 33 heavy (non-hydrogen) atoms. The Balaban J connectivity index is 2.12. The first kappa shape index (κ1) is 24.0. The number of hydrogen-bond acceptors (Lipinski definition) is 7. The Bertz CT molecular complexity index is 1190. The third kappa shape index (κ3) is 5.40. The molecule has 1 fully saturated rings. The van der Waals surface area contributed by atoms with Crippen molar-refractivity contribution in [1.29, 1.82) is 5.26 Å². The summed E-state index contributed by atoms with van der Waals surface area (Å²) in [6, 6.07) is 11.2. The molecule has 0 atom stereocenters. The van der Waals surface area contributed by atoms with Gasteiger partial charge < -0.3 is 16.2 Å². The molecule has 1 aliphatic rings. The van der Waals surface area contributed by atoms with E-state index < -0.39 is 0 Å². The fourth-order valence-electron chi connectivity index (χ4n) is 3.46. The van der Waals surface area contributed by atoms with Crippen molar-refractivity contribution in [2.45, 2.75) is 25.9 Å². The van der Waals surface area contributed by atoms with Gasteiger partial charge in [0.05, 0.1) is 17.5 Å². The highest BCUT2D eigenvalue weighted by Crippen LogP contribution is 2.35. The number of carbonyl (C=O) groups is 1. The maximum absolute atomic E-state index is 10.7. The lowest BCUT2D eigenvalue weighted by atomic mass is 9.90. The molecule has 0 aliphatic heterocycles. The van der Waals surface area contributed by atoms with E-state index in [9.17, 15) is 10.1 Å². The van der Waals surface area contributed by atoms with Crippen LogP contribution < -0.4 is 21.6 Å². The highest BCUT2D eigenvalue weighted by molar-refractivity contribution is 6.35. The van der Waals surface area contributed by atoms with E-state index in [0.29, 0.717) is 45.3 Å². The molecule has 0 bridgehead atoms. The molecule has 9 heteroatoms. The molecule has 0 heterocycles. The van der Waals surface area contributed by atoms with Gasteiger partial charge >= 0.3 is 0 Å². The highest BCUT2D eigenvalue weighted by Gasteiger charge is 2.27. The molecule has 170 valence electrons. The summed E-state index contributed by atoms with van der Waals surface area (Å²) in [5.74, 6) is 0.433. The lowest BCUT2D eigenvalue weighted by molar-refractivity contribution is -0.109. The molecule has 5 N–H and O–H groups in total. The number of hydrazone groups is 1. The molecule has 0 aromatic heterocycles. The summed E-state index contributed by atoms with van der Waals surface area (Å²) in [4.78, 5) is 15.1. The van der Waals surface area contributed by atoms with Crippen LogP contribution in [0.2, 0.25) is 5.02 Å². The summed E-state index contributed by atoms with van der Waals surface area (Å²) in [7, 11) is 1.62. The molecule has 8 nitrogen and oxygen atoms in total. The molecule has 0 saturated heterocycles. The summed E-state index contributed by atoms with van der Waals surface area (Å²) >= 11 is 6.37. The van der Waals surface area contributed by atoms with E-state index in [4.69, 9.17) is 27.8 Å². The monoisotopic (exact) mass is 464 g/mol. The topological polar surface area (TPSA) is 139 Å². The first-order chi connectivity index (χ1) is 16.0. The molecule has 2 aromatic rings. The van der Waals surface area contributed by atoms with Crippen LogP contribution >= 0.6 is 11.6 Å². The van der Waals surface area contributed by atoms with Crippen molar-refractivity contribution >= 4 is 35.0 Å². The van der Waals surface area contributed by atoms with E-state index in [0.717, 1.165) is 29.5 Å². The van der Waals surface area contributed by atoms with Gasteiger partial charge in [-0.1, -0.05) is 23.7 Å². The predicted molar refractivity (Wildman–Crippen MR) is 130 cm³/mol. The maximum Gasteiger partial charge on any atom is 0.227 e. The molecule has 2 aromatic carbocycles. The Morgan fingerprint density at radius 3 is 2.67 bits per heavy atom. The van der Waals surface area contributed by atoms with Gasteiger partial charge in [0, 0.05) is 47.6 Å². The normalized spacial score (nSPS) is 14.6. The van der Waals surface area contributed by atoms with Gasteiger partial charge in [-0.15, -0.1) is 0 Å². The van der Waals surface area contributed by atoms with Crippen molar-refractivity contribution in [3.8, 4) is 11.8 Å². The van der Waals surface area contributed by atoms with Crippen LogP contribution in [0.4, 0.5) is 0 Å². The summed E-state index contributed by atoms with van der Waals surface area (Å²) < 4.78 is 5.92. The zero-order valence-electron chi connectivity index (χ0n) is 18.4. The number of carbonyl (C=O) groups excluding carboxylic acids is 1. The molecule has 0 radical (unpaired) electrons. The second-order valence-electron chi connectivity index (χ2n) is 7.45. The van der Waals surface area contributed by atoms with Crippen molar-refractivity contribution in [2.75, 3.05) is 13.6 Å². The van der Waals surface area contributed by atoms with Crippen LogP contribution in [0.3, 0.4) is 0 Å². The number of aliphatic imine (C=N–C) groups is 1. The highest BCUT2D eigenvalue weighted by atomic mass is 35.5. The largest absolute Gasteiger partial charge is 0.489 e. The first-order valence-corrected chi connectivity index (χ1v) is 10.7. The summed E-state index contributed by atoms with van der Waals surface area (Å²) in [6.45, 7) is 2.04. The number of benzene rings is 2. The van der Waals surface area contributed by atoms with Gasteiger partial charge in [-0.25, -0.2) is 5.43 Å². The quantitative estimate of drug-likeness (QED) is 0.297. The second kappa shape index (κ2) is 10.8. The van der Waals surface area contributed by atoms with Gasteiger partial charge in [0.25, 0.3) is 0 Å². The molecule has 0 spiro atoms. The van der Waals surface area contributed by atoms with Gasteiger partial charge in [-0.3, -0.25) is 9.79 Å². The Labute approximate surface area is 197 Å². The van der Waals surface area contributed by atoms with E-state index in [1.54, 1.807) is 19.2 Å². The Hall–Kier alpha value is -3.67. The van der Waals surface area contributed by atoms with Crippen LogP contribution in [0.15, 0.2) is 46.6 Å². The number of amides is 1. The standard InChI is InChI=1S/C24H25ClN6O2/c1-14-3-4-15(7-18(14)22(12-28)31-30-13-32)20(10-26)24(29-2)19-8-16(25)9-23(21(19)11-27)33-17-5-6-17/h3-4,7-10,13,17H,5-6,12,26,28H2,1-2H3,(H,30,32)/b20-10-,29-24?,31-22-. The van der Waals surface area contributed by atoms with Crippen LogP contribution in [0.5, 0.6) is 5.75 Å². The molecular weight excluding hydrogens is 440 g/mol. The number of nitrogens with zero attached hydrogens (tertiary/aromatic N) is 3. The van der Waals surface area contributed by atoms with Gasteiger partial charge in [-0.2, -0.15) is 10.4 Å². The lowest BCUT2D eigenvalue weighted by Crippen LogP contribution is -2.20. The number of nitrogens with one attached hydrogen (secondary N) is 1. The SMILES string of the molecule is CN=C(/C(=C\N)c1ccc(C)c(/C(CN)=N\NC=O)c1)c1cc(Cl)cc(OC2CC2)c1C#N. The number of nitrogens with two attached hydrogens (primary N) is 2. The molecule has 0 unspecified atom stereocenters. The smallest absolute Gasteiger partial charge is 0.227 e. The molecule has 1 amide bonds. The first-order valence-electron chi connectivity index (χ1n) is 10.3. The Morgan fingerprint density at radius 2 is 2.09 bits per heavy atom. The molecule has 1 aliphatic carbocycles. The van der Waals surface area contributed by atoms with Crippen molar-refractivity contribution in [3.05, 3.63) is 69.4 Å². The molecule has 1 saturated carbocycles. The van der Waals surface area contributed by atoms with Crippen LogP contribution in [0.25, 0.3) is 5.57 Å². The zero-order chi connectivity index (χ0) is 24.0. The average Bonchev–Trinajstić information content (AvgIpc) is 3.63. The van der Waals surface area contributed by atoms with E-state index in [1.807, 2.05) is 25.1 Å². The van der Waals surface area contributed by atoms with Gasteiger partial charge in [0.2, 0.25) is 6.41 Å². The molecular formula is C24H25ClN6O2. The van der Waals surface area contributed by atoms with Crippen LogP contribution in [-0.2, 0) is 4.79 Å². The minimum Gasteiger partial charge on any atom is -0.489 e. The van der Waals surface area contributed by atoms with Gasteiger partial charge in [-0.05, 0) is 43.0 Å². The molecule has 3 rings (SSSR count). The third-order valence-electron chi connectivity index (χ3n) is 5.20. The fraction of sp³-hybridized carbons (Fsp3) is 0.250. The number of aryl methyl sites for hydroxylation is 1. The Morgan fingerprint density at radius 1 is 1.33 bits per heavy atom. The Kier molecular flexibility index (Phi) is 7.83. The van der Waals surface area contributed by atoms with Crippen molar-refractivity contribution in [2.24, 2.45) is 21.6 Å². The summed E-state index contributed by atoms with van der Waals surface area (Å²) in [6.07, 6.45) is 3.91. The van der Waals surface area contributed by atoms with E-state index in [2.05, 4.69) is 21.6 Å². The van der Waals surface area contributed by atoms with Crippen LogP contribution in [0.1, 0.15) is 40.7 Å². The third-order valence-corrected chi connectivity index (χ3v) is 5.42. The minimum atomic E-state index is 0.101. The number of rotatable bonds is 9. The van der Waals surface area contributed by atoms with Crippen LogP contribution in [0, 0.1) is 18.3 Å². The van der Waals surface area contributed by atoms with Gasteiger partial charge in [0.15, 0.2) is 0 Å². The minimum absolute atomic E-state index is 0.101. The fourth-order valence-corrected chi connectivity index (χ4v) is 3.67. The predicted octanol–water partition coefficient (Wildman–Crippen LogP) is 2.89. The van der Waals surface area contributed by atoms with Crippen molar-refractivity contribution in [1.82, 2.24) is 5.43 Å². The number of ether oxygens (including phenoxy) is 1. The number of halogens is 1. The van der Waals surface area contributed by atoms with E-state index in [1.165, 1.54) is 6.20 Å². The zero-order valence-corrected chi connectivity index (χ0v) is 19.2. The van der Waals surface area contributed by atoms with E-state index in [-0.39, 0.29) is 12.6 Å². The van der Waals surface area contributed by atoms with Gasteiger partial charge in [0.1, 0.15) is 17.4 Å². The maximum atomic E-state index is 10.7. The number of hydrogen-bond donors (Lipinski definition) is 3. The van der Waals surface area contributed by atoms with Crippen LogP contribution in [-0.4, -0.2) is 37.5 Å². The van der Waals surface area contributed by atoms with E-state index >= 15 is 0 Å². The summed E-state index contributed by atoms with van der Waals surface area (Å²) in [5.41, 5.74) is 19.1. The van der Waals surface area contributed by atoms with Crippen molar-refractivity contribution in [3.63, 3.8) is 0 Å².